The standard InChI is InChI=1S/C19H29N5O2/c1-14-6-3-4-11-24(14)18(25)13-23-10-5-7-16(23)12-21-19(26)17-8-9-20-15(2)22-17/h8-9,14,16H,3-7,10-13H2,1-2H3,(H,21,26). The summed E-state index contributed by atoms with van der Waals surface area (Å²) in [5, 5.41) is 2.96. The number of amides is 2. The lowest BCUT2D eigenvalue weighted by Gasteiger charge is -2.35. The lowest BCUT2D eigenvalue weighted by molar-refractivity contribution is -0.135. The van der Waals surface area contributed by atoms with Crippen molar-refractivity contribution in [2.24, 2.45) is 0 Å². The van der Waals surface area contributed by atoms with Gasteiger partial charge in [0.2, 0.25) is 5.91 Å². The van der Waals surface area contributed by atoms with E-state index in [0.29, 0.717) is 30.6 Å². The Morgan fingerprint density at radius 1 is 1.23 bits per heavy atom. The summed E-state index contributed by atoms with van der Waals surface area (Å²) < 4.78 is 0. The minimum absolute atomic E-state index is 0.182. The first-order valence-corrected chi connectivity index (χ1v) is 9.66. The number of nitrogens with zero attached hydrogens (tertiary/aromatic N) is 4. The highest BCUT2D eigenvalue weighted by Crippen LogP contribution is 2.20. The fourth-order valence-corrected chi connectivity index (χ4v) is 3.95. The lowest BCUT2D eigenvalue weighted by atomic mass is 10.0. The van der Waals surface area contributed by atoms with E-state index in [1.807, 2.05) is 4.90 Å². The molecular weight excluding hydrogens is 330 g/mol. The summed E-state index contributed by atoms with van der Waals surface area (Å²) in [6.45, 7) is 6.71. The number of hydrogen-bond acceptors (Lipinski definition) is 5. The summed E-state index contributed by atoms with van der Waals surface area (Å²) in [6, 6.07) is 2.18. The Morgan fingerprint density at radius 3 is 2.85 bits per heavy atom. The highest BCUT2D eigenvalue weighted by atomic mass is 16.2. The lowest BCUT2D eigenvalue weighted by Crippen LogP contribution is -2.49. The molecule has 26 heavy (non-hydrogen) atoms. The van der Waals surface area contributed by atoms with Crippen LogP contribution in [0.15, 0.2) is 12.3 Å². The van der Waals surface area contributed by atoms with Crippen LogP contribution in [-0.2, 0) is 4.79 Å². The minimum Gasteiger partial charge on any atom is -0.349 e. The normalized spacial score (nSPS) is 23.8. The molecule has 2 saturated heterocycles. The van der Waals surface area contributed by atoms with Gasteiger partial charge in [0.05, 0.1) is 6.54 Å². The van der Waals surface area contributed by atoms with Crippen molar-refractivity contribution in [1.29, 1.82) is 0 Å². The molecule has 3 heterocycles. The molecule has 1 aromatic heterocycles. The fraction of sp³-hybridized carbons (Fsp3) is 0.684. The molecule has 7 heteroatoms. The van der Waals surface area contributed by atoms with Gasteiger partial charge in [0.25, 0.3) is 5.91 Å². The van der Waals surface area contributed by atoms with Gasteiger partial charge in [-0.1, -0.05) is 0 Å². The van der Waals surface area contributed by atoms with Crippen molar-refractivity contribution in [1.82, 2.24) is 25.1 Å². The molecule has 1 N–H and O–H groups in total. The number of piperidine rings is 1. The number of aryl methyl sites for hydroxylation is 1. The largest absolute Gasteiger partial charge is 0.349 e. The number of nitrogens with one attached hydrogen (secondary N) is 1. The molecule has 2 fully saturated rings. The SMILES string of the molecule is Cc1nccc(C(=O)NCC2CCCN2CC(=O)N2CCCCC2C)n1. The molecule has 7 nitrogen and oxygen atoms in total. The highest BCUT2D eigenvalue weighted by Gasteiger charge is 2.30. The predicted molar refractivity (Wildman–Crippen MR) is 98.7 cm³/mol. The van der Waals surface area contributed by atoms with Crippen LogP contribution in [0.4, 0.5) is 0 Å². The van der Waals surface area contributed by atoms with E-state index in [2.05, 4.69) is 27.1 Å². The van der Waals surface area contributed by atoms with Gasteiger partial charge in [0.1, 0.15) is 11.5 Å². The van der Waals surface area contributed by atoms with E-state index in [4.69, 9.17) is 0 Å². The molecule has 142 valence electrons. The monoisotopic (exact) mass is 359 g/mol. The number of rotatable bonds is 5. The second-order valence-corrected chi connectivity index (χ2v) is 7.40. The van der Waals surface area contributed by atoms with Gasteiger partial charge < -0.3 is 10.2 Å². The first-order valence-electron chi connectivity index (χ1n) is 9.66. The minimum atomic E-state index is -0.182. The Hall–Kier alpha value is -2.02. The van der Waals surface area contributed by atoms with Crippen molar-refractivity contribution in [3.63, 3.8) is 0 Å². The third kappa shape index (κ3) is 4.58. The quantitative estimate of drug-likeness (QED) is 0.859. The Labute approximate surface area is 155 Å². The molecular formula is C19H29N5O2. The van der Waals surface area contributed by atoms with Crippen LogP contribution in [0.2, 0.25) is 0 Å². The molecule has 0 radical (unpaired) electrons. The van der Waals surface area contributed by atoms with Crippen molar-refractivity contribution < 1.29 is 9.59 Å². The first-order chi connectivity index (χ1) is 12.5. The maximum Gasteiger partial charge on any atom is 0.270 e. The van der Waals surface area contributed by atoms with Crippen molar-refractivity contribution in [2.75, 3.05) is 26.2 Å². The molecule has 2 unspecified atom stereocenters. The van der Waals surface area contributed by atoms with Gasteiger partial charge in [0, 0.05) is 31.4 Å². The zero-order chi connectivity index (χ0) is 18.5. The van der Waals surface area contributed by atoms with E-state index < -0.39 is 0 Å². The van der Waals surface area contributed by atoms with Crippen LogP contribution >= 0.6 is 0 Å². The van der Waals surface area contributed by atoms with Crippen LogP contribution < -0.4 is 5.32 Å². The Morgan fingerprint density at radius 2 is 2.08 bits per heavy atom. The van der Waals surface area contributed by atoms with Gasteiger partial charge in [-0.25, -0.2) is 9.97 Å². The van der Waals surface area contributed by atoms with Crippen LogP contribution in [0.25, 0.3) is 0 Å². The highest BCUT2D eigenvalue weighted by molar-refractivity contribution is 5.92. The molecule has 0 aromatic carbocycles. The van der Waals surface area contributed by atoms with Crippen LogP contribution in [0.1, 0.15) is 55.3 Å². The number of likely N-dealkylation sites (tertiary alicyclic amines) is 2. The van der Waals surface area contributed by atoms with Crippen molar-refractivity contribution >= 4 is 11.8 Å². The summed E-state index contributed by atoms with van der Waals surface area (Å²) in [5.41, 5.74) is 0.389. The molecule has 3 rings (SSSR count). The zero-order valence-electron chi connectivity index (χ0n) is 15.8. The third-order valence-corrected chi connectivity index (χ3v) is 5.47. The van der Waals surface area contributed by atoms with Crippen LogP contribution in [0.5, 0.6) is 0 Å². The maximum atomic E-state index is 12.7. The smallest absolute Gasteiger partial charge is 0.270 e. The molecule has 2 aliphatic rings. The first kappa shape index (κ1) is 18.8. The average molecular weight is 359 g/mol. The van der Waals surface area contributed by atoms with E-state index in [9.17, 15) is 9.59 Å². The zero-order valence-corrected chi connectivity index (χ0v) is 15.8. The molecule has 0 aliphatic carbocycles. The Balaban J connectivity index is 1.51. The molecule has 0 saturated carbocycles. The van der Waals surface area contributed by atoms with Gasteiger partial charge in [-0.05, 0) is 58.6 Å². The van der Waals surface area contributed by atoms with Crippen molar-refractivity contribution in [3.8, 4) is 0 Å². The number of aromatic nitrogens is 2. The summed E-state index contributed by atoms with van der Waals surface area (Å²) >= 11 is 0. The van der Waals surface area contributed by atoms with Gasteiger partial charge in [-0.2, -0.15) is 0 Å². The van der Waals surface area contributed by atoms with Crippen LogP contribution in [0.3, 0.4) is 0 Å². The Kier molecular flexibility index (Phi) is 6.19. The molecule has 1 aromatic rings. The number of hydrogen-bond donors (Lipinski definition) is 1. The summed E-state index contributed by atoms with van der Waals surface area (Å²) in [4.78, 5) is 37.4. The topological polar surface area (TPSA) is 78.4 Å². The van der Waals surface area contributed by atoms with Gasteiger partial charge in [0.15, 0.2) is 0 Å². The van der Waals surface area contributed by atoms with Gasteiger partial charge in [-0.3, -0.25) is 14.5 Å². The molecule has 2 atom stereocenters. The molecule has 2 amide bonds. The number of carbonyl (C=O) groups excluding carboxylic acids is 2. The van der Waals surface area contributed by atoms with E-state index in [-0.39, 0.29) is 17.9 Å². The maximum absolute atomic E-state index is 12.7. The predicted octanol–water partition coefficient (Wildman–Crippen LogP) is 1.38. The summed E-state index contributed by atoms with van der Waals surface area (Å²) in [5.74, 6) is 0.626. The Bertz CT molecular complexity index is 651. The van der Waals surface area contributed by atoms with E-state index in [1.54, 1.807) is 19.2 Å². The second kappa shape index (κ2) is 8.58. The van der Waals surface area contributed by atoms with Crippen molar-refractivity contribution in [2.45, 2.75) is 58.0 Å². The van der Waals surface area contributed by atoms with E-state index >= 15 is 0 Å². The summed E-state index contributed by atoms with van der Waals surface area (Å²) in [7, 11) is 0. The summed E-state index contributed by atoms with van der Waals surface area (Å²) in [6.07, 6.45) is 7.09. The van der Waals surface area contributed by atoms with E-state index in [1.165, 1.54) is 6.42 Å². The van der Waals surface area contributed by atoms with Crippen LogP contribution in [0, 0.1) is 6.92 Å². The second-order valence-electron chi connectivity index (χ2n) is 7.40. The van der Waals surface area contributed by atoms with Gasteiger partial charge >= 0.3 is 0 Å². The van der Waals surface area contributed by atoms with Gasteiger partial charge in [-0.15, -0.1) is 0 Å². The number of carbonyl (C=O) groups is 2. The van der Waals surface area contributed by atoms with Crippen molar-refractivity contribution in [3.05, 3.63) is 23.8 Å². The van der Waals surface area contributed by atoms with E-state index in [0.717, 1.165) is 38.8 Å². The molecule has 0 bridgehead atoms. The average Bonchev–Trinajstić information content (AvgIpc) is 3.07. The molecule has 2 aliphatic heterocycles. The molecule has 0 spiro atoms. The third-order valence-electron chi connectivity index (χ3n) is 5.47. The van der Waals surface area contributed by atoms with Crippen LogP contribution in [-0.4, -0.2) is 69.8 Å². The fourth-order valence-electron chi connectivity index (χ4n) is 3.95.